The molecule has 2 heteroatoms. The Kier molecular flexibility index (Phi) is 9.03. The molecule has 0 fully saturated rings. The zero-order chi connectivity index (χ0) is 39.9. The molecule has 10 rings (SSSR count). The number of nitrogens with zero attached hydrogens (tertiary/aromatic N) is 1. The minimum atomic E-state index is -0.0986. The molecule has 1 aliphatic rings. The molecule has 0 amide bonds. The molecule has 0 saturated heterocycles. The summed E-state index contributed by atoms with van der Waals surface area (Å²) in [6.07, 6.45) is 3.81. The Morgan fingerprint density at radius 3 is 1.80 bits per heavy atom. The maximum absolute atomic E-state index is 8.96. The highest BCUT2D eigenvalue weighted by atomic mass is 14.7. The van der Waals surface area contributed by atoms with Gasteiger partial charge in [0.15, 0.2) is 0 Å². The summed E-state index contributed by atoms with van der Waals surface area (Å²) < 4.78 is 0. The van der Waals surface area contributed by atoms with Crippen molar-refractivity contribution < 1.29 is 0 Å². The topological polar surface area (TPSA) is 36.2 Å². The molecule has 0 spiro atoms. The average molecular weight is 755 g/mol. The first-order chi connectivity index (χ1) is 28.9. The van der Waals surface area contributed by atoms with Crippen LogP contribution >= 0.6 is 0 Å². The Morgan fingerprint density at radius 1 is 0.458 bits per heavy atom. The van der Waals surface area contributed by atoms with Crippen molar-refractivity contribution in [1.82, 2.24) is 0 Å². The summed E-state index contributed by atoms with van der Waals surface area (Å²) in [5, 5.41) is 13.9. The number of hydrogen-bond donors (Lipinski definition) is 1. The van der Waals surface area contributed by atoms with Gasteiger partial charge in [0.1, 0.15) is 0 Å². The van der Waals surface area contributed by atoms with Gasteiger partial charge in [0.05, 0.1) is 11.4 Å². The summed E-state index contributed by atoms with van der Waals surface area (Å²) in [7, 11) is 0. The van der Waals surface area contributed by atoms with Gasteiger partial charge >= 0.3 is 0 Å². The standard InChI is InChI=1S/C57H42N2/c1-57(2)52-23-13-22-48(55(52)51-35-32-40-16-9-10-20-49(40)56(51)57)42-28-26-41(27-29-42)47-34-33-45(46-19-11-12-21-50(46)47)37-59-54(36-53(58)43-17-7-4-8-18-43)44-30-24-39(25-31-44)38-14-5-3-6-15-38/h3-37,58H,1-2H3/b54-36-,58-53?,59-37?. The fraction of sp³-hybridized carbons (Fsp3) is 0.0526. The van der Waals surface area contributed by atoms with Crippen molar-refractivity contribution in [1.29, 1.82) is 5.41 Å². The lowest BCUT2D eigenvalue weighted by Crippen LogP contribution is -2.15. The van der Waals surface area contributed by atoms with E-state index in [4.69, 9.17) is 10.4 Å². The first-order valence-corrected chi connectivity index (χ1v) is 20.3. The van der Waals surface area contributed by atoms with Gasteiger partial charge in [0, 0.05) is 22.8 Å². The number of rotatable bonds is 8. The normalized spacial score (nSPS) is 13.2. The van der Waals surface area contributed by atoms with Crippen molar-refractivity contribution in [2.45, 2.75) is 19.3 Å². The highest BCUT2D eigenvalue weighted by molar-refractivity contribution is 6.12. The number of benzene rings is 9. The molecule has 9 aromatic carbocycles. The zero-order valence-corrected chi connectivity index (χ0v) is 33.2. The molecule has 2 nitrogen and oxygen atoms in total. The van der Waals surface area contributed by atoms with E-state index in [2.05, 4.69) is 178 Å². The second-order valence-corrected chi connectivity index (χ2v) is 15.9. The molecule has 59 heavy (non-hydrogen) atoms. The van der Waals surface area contributed by atoms with E-state index in [0.29, 0.717) is 5.71 Å². The maximum atomic E-state index is 8.96. The molecule has 1 N–H and O–H groups in total. The van der Waals surface area contributed by atoms with Crippen LogP contribution in [0.2, 0.25) is 0 Å². The van der Waals surface area contributed by atoms with Crippen LogP contribution in [0.4, 0.5) is 0 Å². The Morgan fingerprint density at radius 2 is 1.05 bits per heavy atom. The Balaban J connectivity index is 0.997. The van der Waals surface area contributed by atoms with E-state index in [9.17, 15) is 0 Å². The van der Waals surface area contributed by atoms with Crippen molar-refractivity contribution in [3.63, 3.8) is 0 Å². The van der Waals surface area contributed by atoms with Crippen molar-refractivity contribution >= 4 is 39.2 Å². The third kappa shape index (κ3) is 6.49. The van der Waals surface area contributed by atoms with Gasteiger partial charge in [-0.25, -0.2) is 0 Å². The van der Waals surface area contributed by atoms with Crippen LogP contribution in [-0.4, -0.2) is 11.9 Å². The van der Waals surface area contributed by atoms with Gasteiger partial charge in [0.25, 0.3) is 0 Å². The Bertz CT molecular complexity index is 3100. The highest BCUT2D eigenvalue weighted by Crippen LogP contribution is 2.54. The molecule has 0 aromatic heterocycles. The summed E-state index contributed by atoms with van der Waals surface area (Å²) >= 11 is 0. The lowest BCUT2D eigenvalue weighted by atomic mass is 9.80. The van der Waals surface area contributed by atoms with Gasteiger partial charge in [-0.05, 0) is 88.8 Å². The molecule has 0 atom stereocenters. The Labute approximate surface area is 346 Å². The second kappa shape index (κ2) is 14.8. The quantitative estimate of drug-likeness (QED) is 0.150. The highest BCUT2D eigenvalue weighted by Gasteiger charge is 2.38. The summed E-state index contributed by atoms with van der Waals surface area (Å²) in [4.78, 5) is 5.10. The smallest absolute Gasteiger partial charge is 0.0723 e. The summed E-state index contributed by atoms with van der Waals surface area (Å²) in [6.45, 7) is 4.74. The number of hydrogen-bond acceptors (Lipinski definition) is 2. The SMILES string of the molecule is CC1(C)c2cccc(-c3ccc(-c4ccc(C=N/C(=C\C(=N)c5ccccc5)c5ccc(-c6ccccc6)cc5)c5ccccc45)cc3)c2-c2ccc3ccccc3c21. The third-order valence-corrected chi connectivity index (χ3v) is 12.0. The van der Waals surface area contributed by atoms with Crippen LogP contribution in [0, 0.1) is 5.41 Å². The number of allylic oxidation sites excluding steroid dienone is 1. The predicted octanol–water partition coefficient (Wildman–Crippen LogP) is 14.8. The first-order valence-electron chi connectivity index (χ1n) is 20.3. The summed E-state index contributed by atoms with van der Waals surface area (Å²) in [5.74, 6) is 0. The molecular formula is C57H42N2. The van der Waals surface area contributed by atoms with E-state index in [1.54, 1.807) is 0 Å². The molecule has 0 unspecified atom stereocenters. The van der Waals surface area contributed by atoms with Crippen molar-refractivity contribution in [3.05, 3.63) is 234 Å². The minimum absolute atomic E-state index is 0.0986. The summed E-state index contributed by atoms with van der Waals surface area (Å²) in [6, 6.07) is 70.9. The molecule has 0 bridgehead atoms. The fourth-order valence-electron chi connectivity index (χ4n) is 9.04. The van der Waals surface area contributed by atoms with E-state index >= 15 is 0 Å². The van der Waals surface area contributed by atoms with Gasteiger partial charge in [-0.15, -0.1) is 0 Å². The van der Waals surface area contributed by atoms with Crippen molar-refractivity contribution in [2.24, 2.45) is 4.99 Å². The number of fused-ring (bicyclic) bond motifs is 6. The molecular weight excluding hydrogens is 713 g/mol. The maximum Gasteiger partial charge on any atom is 0.0723 e. The van der Waals surface area contributed by atoms with Crippen molar-refractivity contribution in [3.8, 4) is 44.5 Å². The van der Waals surface area contributed by atoms with E-state index < -0.39 is 0 Å². The monoisotopic (exact) mass is 754 g/mol. The van der Waals surface area contributed by atoms with Gasteiger partial charge in [-0.1, -0.05) is 214 Å². The Hall–Kier alpha value is -7.42. The van der Waals surface area contributed by atoms with Crippen molar-refractivity contribution in [2.75, 3.05) is 0 Å². The van der Waals surface area contributed by atoms with Gasteiger partial charge < -0.3 is 5.41 Å². The van der Waals surface area contributed by atoms with Crippen LogP contribution in [0.25, 0.3) is 71.7 Å². The van der Waals surface area contributed by atoms with E-state index in [1.807, 2.05) is 48.7 Å². The lowest BCUT2D eigenvalue weighted by molar-refractivity contribution is 0.666. The van der Waals surface area contributed by atoms with E-state index in [1.165, 1.54) is 66.2 Å². The fourth-order valence-corrected chi connectivity index (χ4v) is 9.04. The molecule has 280 valence electrons. The van der Waals surface area contributed by atoms with Gasteiger partial charge in [0.2, 0.25) is 0 Å². The van der Waals surface area contributed by atoms with E-state index in [-0.39, 0.29) is 5.41 Å². The molecule has 0 aliphatic heterocycles. The van der Waals surface area contributed by atoms with Crippen LogP contribution in [0.5, 0.6) is 0 Å². The average Bonchev–Trinajstić information content (AvgIpc) is 3.54. The molecule has 0 radical (unpaired) electrons. The first kappa shape index (κ1) is 36.0. The van der Waals surface area contributed by atoms with Crippen LogP contribution < -0.4 is 0 Å². The third-order valence-electron chi connectivity index (χ3n) is 12.0. The molecule has 9 aromatic rings. The zero-order valence-electron chi connectivity index (χ0n) is 33.2. The molecule has 0 heterocycles. The number of nitrogens with one attached hydrogen (secondary N) is 1. The minimum Gasteiger partial charge on any atom is -0.300 e. The molecule has 1 aliphatic carbocycles. The van der Waals surface area contributed by atoms with Crippen LogP contribution in [0.1, 0.15) is 41.7 Å². The van der Waals surface area contributed by atoms with Crippen LogP contribution in [-0.2, 0) is 5.41 Å². The van der Waals surface area contributed by atoms with Gasteiger partial charge in [-0.3, -0.25) is 4.99 Å². The predicted molar refractivity (Wildman–Crippen MR) is 251 cm³/mol. The largest absolute Gasteiger partial charge is 0.300 e. The van der Waals surface area contributed by atoms with Gasteiger partial charge in [-0.2, -0.15) is 0 Å². The lowest BCUT2D eigenvalue weighted by Gasteiger charge is -2.23. The number of aliphatic imine (C=N–C) groups is 1. The van der Waals surface area contributed by atoms with Crippen LogP contribution in [0.3, 0.4) is 0 Å². The van der Waals surface area contributed by atoms with E-state index in [0.717, 1.165) is 33.3 Å². The summed E-state index contributed by atoms with van der Waals surface area (Å²) in [5.41, 5.74) is 16.5. The molecule has 0 saturated carbocycles. The second-order valence-electron chi connectivity index (χ2n) is 15.9. The van der Waals surface area contributed by atoms with Crippen LogP contribution in [0.15, 0.2) is 211 Å².